The summed E-state index contributed by atoms with van der Waals surface area (Å²) in [7, 11) is 0. The summed E-state index contributed by atoms with van der Waals surface area (Å²) >= 11 is 0. The molecule has 0 saturated carbocycles. The molecule has 0 aliphatic carbocycles. The Morgan fingerprint density at radius 2 is 2.07 bits per heavy atom. The van der Waals surface area contributed by atoms with Crippen LogP contribution in [0.5, 0.6) is 0 Å². The number of hydrogen-bond donors (Lipinski definition) is 1. The van der Waals surface area contributed by atoms with Gasteiger partial charge in [-0.05, 0) is 13.8 Å². The number of aliphatic hydroxyl groups is 1. The van der Waals surface area contributed by atoms with Crippen LogP contribution in [0.3, 0.4) is 0 Å². The minimum absolute atomic E-state index is 0.0212. The van der Waals surface area contributed by atoms with Crippen LogP contribution in [0.15, 0.2) is 0 Å². The maximum atomic E-state index is 11.2. The average molecular weight is 200 g/mol. The Bertz CT molecular complexity index is 216. The Morgan fingerprint density at radius 1 is 1.43 bits per heavy atom. The molecule has 1 rings (SSSR count). The molecule has 1 aliphatic rings. The first-order chi connectivity index (χ1) is 6.47. The third kappa shape index (κ3) is 2.45. The van der Waals surface area contributed by atoms with Crippen molar-refractivity contribution in [1.29, 1.82) is 0 Å². The van der Waals surface area contributed by atoms with Gasteiger partial charge in [-0.15, -0.1) is 0 Å². The number of piperazine rings is 1. The SMILES string of the molecule is CC(=O)N1CCN(CCO)C(C)(C)C1. The highest BCUT2D eigenvalue weighted by Gasteiger charge is 2.33. The predicted octanol–water partition coefficient (Wildman–Crippen LogP) is -0.0786. The van der Waals surface area contributed by atoms with E-state index in [4.69, 9.17) is 5.11 Å². The molecule has 1 saturated heterocycles. The number of rotatable bonds is 2. The smallest absolute Gasteiger partial charge is 0.219 e. The zero-order chi connectivity index (χ0) is 10.8. The lowest BCUT2D eigenvalue weighted by Crippen LogP contribution is -2.60. The van der Waals surface area contributed by atoms with Gasteiger partial charge in [-0.1, -0.05) is 0 Å². The Labute approximate surface area is 85.5 Å². The molecule has 0 aromatic heterocycles. The fraction of sp³-hybridized carbons (Fsp3) is 0.900. The molecule has 1 aliphatic heterocycles. The van der Waals surface area contributed by atoms with Crippen molar-refractivity contribution >= 4 is 5.91 Å². The maximum Gasteiger partial charge on any atom is 0.219 e. The van der Waals surface area contributed by atoms with Crippen molar-refractivity contribution in [2.75, 3.05) is 32.8 Å². The van der Waals surface area contributed by atoms with Gasteiger partial charge in [0.25, 0.3) is 0 Å². The quantitative estimate of drug-likeness (QED) is 0.678. The van der Waals surface area contributed by atoms with Crippen molar-refractivity contribution in [1.82, 2.24) is 9.80 Å². The molecule has 0 unspecified atom stereocenters. The van der Waals surface area contributed by atoms with Crippen LogP contribution in [0.2, 0.25) is 0 Å². The van der Waals surface area contributed by atoms with Crippen molar-refractivity contribution in [2.45, 2.75) is 26.3 Å². The molecule has 0 aromatic rings. The van der Waals surface area contributed by atoms with Crippen LogP contribution in [-0.2, 0) is 4.79 Å². The van der Waals surface area contributed by atoms with E-state index in [0.717, 1.165) is 19.6 Å². The van der Waals surface area contributed by atoms with E-state index in [0.29, 0.717) is 6.54 Å². The highest BCUT2D eigenvalue weighted by Crippen LogP contribution is 2.20. The van der Waals surface area contributed by atoms with Crippen molar-refractivity contribution in [3.8, 4) is 0 Å². The third-order valence-electron chi connectivity index (χ3n) is 2.89. The summed E-state index contributed by atoms with van der Waals surface area (Å²) in [6.45, 7) is 9.09. The number of nitrogens with zero attached hydrogens (tertiary/aromatic N) is 2. The normalized spacial score (nSPS) is 22.4. The van der Waals surface area contributed by atoms with E-state index in [1.165, 1.54) is 0 Å². The molecule has 1 N–H and O–H groups in total. The van der Waals surface area contributed by atoms with E-state index in [-0.39, 0.29) is 18.1 Å². The first kappa shape index (κ1) is 11.5. The largest absolute Gasteiger partial charge is 0.395 e. The molecule has 4 nitrogen and oxygen atoms in total. The fourth-order valence-corrected chi connectivity index (χ4v) is 1.99. The van der Waals surface area contributed by atoms with E-state index in [2.05, 4.69) is 18.7 Å². The Kier molecular flexibility index (Phi) is 3.50. The molecule has 0 radical (unpaired) electrons. The van der Waals surface area contributed by atoms with Gasteiger partial charge in [0.05, 0.1) is 6.61 Å². The molecule has 4 heteroatoms. The molecular weight excluding hydrogens is 180 g/mol. The second-order valence-corrected chi connectivity index (χ2v) is 4.46. The van der Waals surface area contributed by atoms with Crippen LogP contribution >= 0.6 is 0 Å². The number of amides is 1. The number of carbonyl (C=O) groups excluding carboxylic acids is 1. The zero-order valence-corrected chi connectivity index (χ0v) is 9.29. The van der Waals surface area contributed by atoms with E-state index < -0.39 is 0 Å². The standard InChI is InChI=1S/C10H20N2O2/c1-9(14)11-4-5-12(6-7-13)10(2,3)8-11/h13H,4-8H2,1-3H3. The number of β-amino-alcohol motifs (C(OH)–C–C–N with tert-alkyl or cyclic N) is 1. The van der Waals surface area contributed by atoms with E-state index in [1.54, 1.807) is 6.92 Å². The van der Waals surface area contributed by atoms with Gasteiger partial charge in [0.15, 0.2) is 0 Å². The van der Waals surface area contributed by atoms with Gasteiger partial charge in [-0.25, -0.2) is 0 Å². The second kappa shape index (κ2) is 4.28. The van der Waals surface area contributed by atoms with Crippen LogP contribution in [0.4, 0.5) is 0 Å². The summed E-state index contributed by atoms with van der Waals surface area (Å²) < 4.78 is 0. The average Bonchev–Trinajstić information content (AvgIpc) is 2.08. The van der Waals surface area contributed by atoms with Crippen LogP contribution in [-0.4, -0.2) is 59.1 Å². The van der Waals surface area contributed by atoms with Crippen LogP contribution in [0.1, 0.15) is 20.8 Å². The summed E-state index contributed by atoms with van der Waals surface area (Å²) in [6.07, 6.45) is 0. The third-order valence-corrected chi connectivity index (χ3v) is 2.89. The first-order valence-corrected chi connectivity index (χ1v) is 5.09. The van der Waals surface area contributed by atoms with Crippen molar-refractivity contribution in [3.05, 3.63) is 0 Å². The van der Waals surface area contributed by atoms with Crippen molar-refractivity contribution < 1.29 is 9.90 Å². The molecule has 0 atom stereocenters. The molecular formula is C10H20N2O2. The van der Waals surface area contributed by atoms with E-state index in [9.17, 15) is 4.79 Å². The van der Waals surface area contributed by atoms with E-state index >= 15 is 0 Å². The van der Waals surface area contributed by atoms with Gasteiger partial charge in [0.2, 0.25) is 5.91 Å². The van der Waals surface area contributed by atoms with Crippen molar-refractivity contribution in [3.63, 3.8) is 0 Å². The van der Waals surface area contributed by atoms with Gasteiger partial charge in [-0.3, -0.25) is 9.69 Å². The molecule has 1 heterocycles. The Hall–Kier alpha value is -0.610. The highest BCUT2D eigenvalue weighted by atomic mass is 16.3. The monoisotopic (exact) mass is 200 g/mol. The molecule has 0 spiro atoms. The van der Waals surface area contributed by atoms with Crippen LogP contribution in [0.25, 0.3) is 0 Å². The maximum absolute atomic E-state index is 11.2. The molecule has 0 aromatic carbocycles. The van der Waals surface area contributed by atoms with Crippen molar-refractivity contribution in [2.24, 2.45) is 0 Å². The second-order valence-electron chi connectivity index (χ2n) is 4.46. The molecule has 14 heavy (non-hydrogen) atoms. The lowest BCUT2D eigenvalue weighted by molar-refractivity contribution is -0.134. The Balaban J connectivity index is 2.60. The van der Waals surface area contributed by atoms with E-state index in [1.807, 2.05) is 4.90 Å². The number of hydrogen-bond acceptors (Lipinski definition) is 3. The summed E-state index contributed by atoms with van der Waals surface area (Å²) in [5, 5.41) is 8.90. The summed E-state index contributed by atoms with van der Waals surface area (Å²) in [5.41, 5.74) is -0.0212. The summed E-state index contributed by atoms with van der Waals surface area (Å²) in [4.78, 5) is 15.3. The lowest BCUT2D eigenvalue weighted by Gasteiger charge is -2.46. The molecule has 1 fully saturated rings. The predicted molar refractivity (Wildman–Crippen MR) is 55.0 cm³/mol. The zero-order valence-electron chi connectivity index (χ0n) is 9.29. The fourth-order valence-electron chi connectivity index (χ4n) is 1.99. The van der Waals surface area contributed by atoms with Crippen LogP contribution in [0, 0.1) is 0 Å². The Morgan fingerprint density at radius 3 is 2.50 bits per heavy atom. The minimum Gasteiger partial charge on any atom is -0.395 e. The highest BCUT2D eigenvalue weighted by molar-refractivity contribution is 5.73. The van der Waals surface area contributed by atoms with Gasteiger partial charge in [0, 0.05) is 38.6 Å². The molecule has 0 bridgehead atoms. The first-order valence-electron chi connectivity index (χ1n) is 5.09. The minimum atomic E-state index is -0.0212. The summed E-state index contributed by atoms with van der Waals surface area (Å²) in [6, 6.07) is 0. The molecule has 82 valence electrons. The lowest BCUT2D eigenvalue weighted by atomic mass is 9.99. The summed E-state index contributed by atoms with van der Waals surface area (Å²) in [5.74, 6) is 0.140. The molecule has 1 amide bonds. The van der Waals surface area contributed by atoms with Gasteiger partial charge >= 0.3 is 0 Å². The van der Waals surface area contributed by atoms with Gasteiger partial charge in [-0.2, -0.15) is 0 Å². The topological polar surface area (TPSA) is 43.8 Å². The number of aliphatic hydroxyl groups excluding tert-OH is 1. The number of carbonyl (C=O) groups is 1. The van der Waals surface area contributed by atoms with Crippen LogP contribution < -0.4 is 0 Å². The van der Waals surface area contributed by atoms with Gasteiger partial charge in [0.1, 0.15) is 0 Å². The van der Waals surface area contributed by atoms with Gasteiger partial charge < -0.3 is 10.0 Å².